The highest BCUT2D eigenvalue weighted by Crippen LogP contribution is 2.13. The van der Waals surface area contributed by atoms with Gasteiger partial charge in [-0.25, -0.2) is 0 Å². The summed E-state index contributed by atoms with van der Waals surface area (Å²) in [5.41, 5.74) is 0.632. The first kappa shape index (κ1) is 24.6. The molecule has 0 saturated heterocycles. The Hall–Kier alpha value is -2.43. The third kappa shape index (κ3) is 7.84. The summed E-state index contributed by atoms with van der Waals surface area (Å²) in [6, 6.07) is 3.28. The van der Waals surface area contributed by atoms with Crippen molar-refractivity contribution in [2.45, 2.75) is 37.4 Å². The van der Waals surface area contributed by atoms with Crippen LogP contribution in [0.5, 0.6) is 5.75 Å². The van der Waals surface area contributed by atoms with Gasteiger partial charge in [0.15, 0.2) is 0 Å². The van der Waals surface area contributed by atoms with E-state index in [9.17, 15) is 24.3 Å². The number of carboxylic acids is 1. The molecular formula is C19H27N3O6S. The minimum absolute atomic E-state index is 0.0367. The van der Waals surface area contributed by atoms with Gasteiger partial charge < -0.3 is 26.2 Å². The van der Waals surface area contributed by atoms with Gasteiger partial charge in [0.05, 0.1) is 18.1 Å². The molecule has 0 aliphatic heterocycles. The number of nitrogens with one attached hydrogen (secondary N) is 3. The number of likely N-dealkylation sites (N-methyl/N-ethyl adjacent to an activating group) is 2. The Balaban J connectivity index is 3.04. The van der Waals surface area contributed by atoms with Crippen LogP contribution in [0.3, 0.4) is 0 Å². The smallest absolute Gasteiger partial charge is 0.303 e. The van der Waals surface area contributed by atoms with Crippen LogP contribution in [-0.2, 0) is 25.6 Å². The van der Waals surface area contributed by atoms with Gasteiger partial charge in [0.1, 0.15) is 5.75 Å². The molecule has 0 aliphatic carbocycles. The molecule has 0 aliphatic rings. The molecule has 1 amide bonds. The molecule has 0 spiro atoms. The molecule has 1 aromatic rings. The zero-order valence-corrected chi connectivity index (χ0v) is 17.2. The van der Waals surface area contributed by atoms with E-state index in [1.165, 1.54) is 19.2 Å². The van der Waals surface area contributed by atoms with Gasteiger partial charge in [-0.05, 0) is 38.2 Å². The van der Waals surface area contributed by atoms with Crippen molar-refractivity contribution in [2.75, 3.05) is 19.8 Å². The Morgan fingerprint density at radius 3 is 2.00 bits per heavy atom. The fourth-order valence-corrected chi connectivity index (χ4v) is 3.02. The molecule has 0 unspecified atom stereocenters. The molecule has 29 heavy (non-hydrogen) atoms. The number of aromatic hydroxyl groups is 1. The molecule has 0 fully saturated rings. The Kier molecular flexibility index (Phi) is 10.4. The van der Waals surface area contributed by atoms with Crippen LogP contribution in [0.25, 0.3) is 0 Å². The van der Waals surface area contributed by atoms with E-state index in [1.54, 1.807) is 19.2 Å². The number of phenols is 1. The number of amides is 1. The van der Waals surface area contributed by atoms with Crippen LogP contribution < -0.4 is 16.0 Å². The second kappa shape index (κ2) is 12.2. The Morgan fingerprint density at radius 1 is 0.966 bits per heavy atom. The largest absolute Gasteiger partial charge is 0.508 e. The molecule has 1 rings (SSSR count). The lowest BCUT2D eigenvalue weighted by atomic mass is 9.94. The number of hydrogen-bond acceptors (Lipinski definition) is 8. The fraction of sp³-hybridized carbons (Fsp3) is 0.474. The Morgan fingerprint density at radius 2 is 1.52 bits per heavy atom. The van der Waals surface area contributed by atoms with Crippen LogP contribution in [0.2, 0.25) is 0 Å². The minimum atomic E-state index is -1.14. The van der Waals surface area contributed by atoms with Gasteiger partial charge in [-0.15, -0.1) is 0 Å². The summed E-state index contributed by atoms with van der Waals surface area (Å²) in [5, 5.41) is 26.2. The molecule has 0 aromatic heterocycles. The van der Waals surface area contributed by atoms with Crippen LogP contribution in [-0.4, -0.2) is 71.6 Å². The van der Waals surface area contributed by atoms with Crippen molar-refractivity contribution in [2.24, 2.45) is 0 Å². The maximum Gasteiger partial charge on any atom is 0.303 e. The van der Waals surface area contributed by atoms with Crippen LogP contribution >= 0.6 is 12.6 Å². The number of ketones is 2. The molecule has 9 nitrogen and oxygen atoms in total. The van der Waals surface area contributed by atoms with Crippen LogP contribution in [0.15, 0.2) is 24.3 Å². The average Bonchev–Trinajstić information content (AvgIpc) is 2.69. The van der Waals surface area contributed by atoms with Crippen molar-refractivity contribution in [1.82, 2.24) is 16.0 Å². The van der Waals surface area contributed by atoms with E-state index in [1.807, 2.05) is 0 Å². The molecule has 10 heteroatoms. The Labute approximate surface area is 174 Å². The molecule has 0 heterocycles. The average molecular weight is 426 g/mol. The predicted octanol–water partition coefficient (Wildman–Crippen LogP) is -0.472. The normalized spacial score (nSPS) is 13.9. The van der Waals surface area contributed by atoms with Crippen LogP contribution in [0.1, 0.15) is 18.4 Å². The van der Waals surface area contributed by atoms with Crippen LogP contribution in [0.4, 0.5) is 0 Å². The second-order valence-electron chi connectivity index (χ2n) is 6.46. The third-order valence-corrected chi connectivity index (χ3v) is 4.78. The van der Waals surface area contributed by atoms with Gasteiger partial charge in [-0.3, -0.25) is 19.2 Å². The number of carbonyl (C=O) groups excluding carboxylic acids is 3. The summed E-state index contributed by atoms with van der Waals surface area (Å²) in [5.74, 6) is -2.96. The number of carbonyl (C=O) groups is 4. The first-order valence-corrected chi connectivity index (χ1v) is 9.70. The molecule has 0 bridgehead atoms. The van der Waals surface area contributed by atoms with Crippen LogP contribution in [0, 0.1) is 0 Å². The zero-order valence-electron chi connectivity index (χ0n) is 16.3. The number of Topliss-reactive ketones (excluding diaryl/α,β-unsaturated/α-hetero) is 2. The maximum absolute atomic E-state index is 12.9. The van der Waals surface area contributed by atoms with E-state index in [0.717, 1.165) is 0 Å². The topological polar surface area (TPSA) is 145 Å². The molecule has 1 aromatic carbocycles. The van der Waals surface area contributed by atoms with E-state index < -0.39 is 41.6 Å². The van der Waals surface area contributed by atoms with Crippen molar-refractivity contribution < 1.29 is 29.4 Å². The monoisotopic (exact) mass is 425 g/mol. The van der Waals surface area contributed by atoms with Gasteiger partial charge in [0.25, 0.3) is 0 Å². The molecule has 5 N–H and O–H groups in total. The van der Waals surface area contributed by atoms with Crippen molar-refractivity contribution >= 4 is 36.1 Å². The van der Waals surface area contributed by atoms with E-state index in [-0.39, 0.29) is 30.8 Å². The van der Waals surface area contributed by atoms with Gasteiger partial charge in [0.2, 0.25) is 17.5 Å². The molecule has 160 valence electrons. The van der Waals surface area contributed by atoms with E-state index in [2.05, 4.69) is 28.6 Å². The summed E-state index contributed by atoms with van der Waals surface area (Å²) in [6.45, 7) is 0. The summed E-state index contributed by atoms with van der Waals surface area (Å²) in [7, 11) is 3.04. The summed E-state index contributed by atoms with van der Waals surface area (Å²) in [6.07, 6.45) is -0.290. The van der Waals surface area contributed by atoms with Gasteiger partial charge in [-0.1, -0.05) is 12.1 Å². The second-order valence-corrected chi connectivity index (χ2v) is 6.82. The van der Waals surface area contributed by atoms with E-state index in [0.29, 0.717) is 5.56 Å². The zero-order chi connectivity index (χ0) is 22.0. The lowest BCUT2D eigenvalue weighted by molar-refractivity contribution is -0.141. The molecule has 0 saturated carbocycles. The quantitative estimate of drug-likeness (QED) is 0.184. The van der Waals surface area contributed by atoms with E-state index >= 15 is 0 Å². The minimum Gasteiger partial charge on any atom is -0.508 e. The maximum atomic E-state index is 12.9. The van der Waals surface area contributed by atoms with Gasteiger partial charge in [-0.2, -0.15) is 12.6 Å². The number of aliphatic carboxylic acids is 1. The summed E-state index contributed by atoms with van der Waals surface area (Å²) >= 11 is 4.09. The lowest BCUT2D eigenvalue weighted by Gasteiger charge is -2.22. The highest BCUT2D eigenvalue weighted by molar-refractivity contribution is 7.80. The Bertz CT molecular complexity index is 721. The number of phenolic OH excluding ortho intramolecular Hbond substituents is 1. The highest BCUT2D eigenvalue weighted by Gasteiger charge is 2.32. The molecule has 3 atom stereocenters. The van der Waals surface area contributed by atoms with Gasteiger partial charge >= 0.3 is 5.97 Å². The molecular weight excluding hydrogens is 398 g/mol. The van der Waals surface area contributed by atoms with Crippen molar-refractivity contribution in [3.63, 3.8) is 0 Å². The third-order valence-electron chi connectivity index (χ3n) is 4.41. The standard InChI is InChI=1S/C19H27N3O6S/c1-20-13(7-8-16(24)25)17(26)18(27)14(22-19(28)15(10-29)21-2)9-11-3-5-12(23)6-4-11/h3-6,13-15,20-21,23,29H,7-10H2,1-2H3,(H,22,28)(H,24,25)/t13-,14-,15-/m0/s1. The summed E-state index contributed by atoms with van der Waals surface area (Å²) < 4.78 is 0. The fourth-order valence-electron chi connectivity index (χ4n) is 2.67. The molecule has 0 radical (unpaired) electrons. The predicted molar refractivity (Wildman–Crippen MR) is 110 cm³/mol. The number of rotatable bonds is 13. The van der Waals surface area contributed by atoms with Gasteiger partial charge in [0, 0.05) is 18.6 Å². The SMILES string of the molecule is CN[C@@H](CS)C(=O)N[C@@H](Cc1ccc(O)cc1)C(=O)C(=O)[C@H](CCC(=O)O)NC. The lowest BCUT2D eigenvalue weighted by Crippen LogP contribution is -2.54. The number of thiol groups is 1. The highest BCUT2D eigenvalue weighted by atomic mass is 32.1. The van der Waals surface area contributed by atoms with E-state index in [4.69, 9.17) is 5.11 Å². The number of carboxylic acid groups (broad SMARTS) is 1. The number of hydrogen-bond donors (Lipinski definition) is 6. The summed E-state index contributed by atoms with van der Waals surface area (Å²) in [4.78, 5) is 48.7. The van der Waals surface area contributed by atoms with Crippen molar-refractivity contribution in [3.05, 3.63) is 29.8 Å². The first-order valence-electron chi connectivity index (χ1n) is 9.07. The van der Waals surface area contributed by atoms with Crippen molar-refractivity contribution in [1.29, 1.82) is 0 Å². The first-order chi connectivity index (χ1) is 13.7. The van der Waals surface area contributed by atoms with Crippen molar-refractivity contribution in [3.8, 4) is 5.75 Å². The number of benzene rings is 1.